The fraction of sp³-hybridized carbons (Fsp3) is 0.267. The smallest absolute Gasteiger partial charge is 0.130 e. The van der Waals surface area contributed by atoms with Crippen molar-refractivity contribution in [3.8, 4) is 5.75 Å². The molecule has 0 aliphatic rings. The molecule has 2 N–H and O–H groups in total. The second-order valence-electron chi connectivity index (χ2n) is 4.53. The van der Waals surface area contributed by atoms with Gasteiger partial charge in [0.25, 0.3) is 0 Å². The van der Waals surface area contributed by atoms with Gasteiger partial charge in [-0.25, -0.2) is 0 Å². The lowest BCUT2D eigenvalue weighted by molar-refractivity contribution is 0.296. The fourth-order valence-corrected chi connectivity index (χ4v) is 2.00. The average molecular weight is 277 g/mol. The van der Waals surface area contributed by atoms with Crippen molar-refractivity contribution >= 4 is 11.6 Å². The van der Waals surface area contributed by atoms with Crippen LogP contribution in [0.15, 0.2) is 36.5 Å². The highest BCUT2D eigenvalue weighted by molar-refractivity contribution is 6.30. The molecule has 1 heterocycles. The molecule has 0 aliphatic heterocycles. The summed E-state index contributed by atoms with van der Waals surface area (Å²) in [7, 11) is 0. The highest BCUT2D eigenvalue weighted by Gasteiger charge is 2.10. The third-order valence-corrected chi connectivity index (χ3v) is 3.18. The van der Waals surface area contributed by atoms with Crippen LogP contribution in [0.1, 0.15) is 29.8 Å². The predicted octanol–water partition coefficient (Wildman–Crippen LogP) is 3.64. The van der Waals surface area contributed by atoms with Gasteiger partial charge in [0, 0.05) is 22.8 Å². The molecule has 0 saturated carbocycles. The minimum absolute atomic E-state index is 0.126. The van der Waals surface area contributed by atoms with Crippen molar-refractivity contribution in [2.24, 2.45) is 5.73 Å². The molecule has 0 radical (unpaired) electrons. The molecule has 1 aromatic carbocycles. The Morgan fingerprint density at radius 1 is 1.37 bits per heavy atom. The van der Waals surface area contributed by atoms with Crippen LogP contribution in [0.2, 0.25) is 5.02 Å². The summed E-state index contributed by atoms with van der Waals surface area (Å²) < 4.78 is 5.82. The minimum atomic E-state index is -0.126. The van der Waals surface area contributed by atoms with Crippen molar-refractivity contribution in [2.75, 3.05) is 0 Å². The Morgan fingerprint density at radius 3 is 2.84 bits per heavy atom. The number of ether oxygens (including phenoxy) is 1. The van der Waals surface area contributed by atoms with E-state index >= 15 is 0 Å². The zero-order chi connectivity index (χ0) is 13.8. The molecule has 3 nitrogen and oxygen atoms in total. The Labute approximate surface area is 118 Å². The van der Waals surface area contributed by atoms with E-state index in [1.165, 1.54) is 0 Å². The molecule has 0 fully saturated rings. The molecule has 0 unspecified atom stereocenters. The predicted molar refractivity (Wildman–Crippen MR) is 77.4 cm³/mol. The first-order valence-corrected chi connectivity index (χ1v) is 6.54. The molecule has 0 bridgehead atoms. The monoisotopic (exact) mass is 276 g/mol. The lowest BCUT2D eigenvalue weighted by atomic mass is 10.1. The van der Waals surface area contributed by atoms with E-state index in [9.17, 15) is 0 Å². The second-order valence-corrected chi connectivity index (χ2v) is 4.96. The second kappa shape index (κ2) is 6.04. The molecule has 19 heavy (non-hydrogen) atoms. The summed E-state index contributed by atoms with van der Waals surface area (Å²) in [6.07, 6.45) is 1.76. The van der Waals surface area contributed by atoms with Gasteiger partial charge < -0.3 is 10.5 Å². The molecule has 100 valence electrons. The third kappa shape index (κ3) is 3.46. The summed E-state index contributed by atoms with van der Waals surface area (Å²) in [5, 5.41) is 0.661. The number of benzene rings is 1. The van der Waals surface area contributed by atoms with Gasteiger partial charge in [-0.3, -0.25) is 4.98 Å². The van der Waals surface area contributed by atoms with Crippen LogP contribution in [-0.4, -0.2) is 4.98 Å². The highest BCUT2D eigenvalue weighted by Crippen LogP contribution is 2.27. The van der Waals surface area contributed by atoms with Gasteiger partial charge in [-0.1, -0.05) is 17.7 Å². The first kappa shape index (κ1) is 13.8. The summed E-state index contributed by atoms with van der Waals surface area (Å²) in [4.78, 5) is 4.30. The van der Waals surface area contributed by atoms with E-state index in [0.29, 0.717) is 11.6 Å². The minimum Gasteiger partial charge on any atom is -0.487 e. The number of pyridine rings is 1. The lowest BCUT2D eigenvalue weighted by Gasteiger charge is -2.14. The van der Waals surface area contributed by atoms with E-state index in [2.05, 4.69) is 4.98 Å². The van der Waals surface area contributed by atoms with E-state index in [4.69, 9.17) is 22.1 Å². The van der Waals surface area contributed by atoms with Crippen molar-refractivity contribution in [2.45, 2.75) is 26.5 Å². The van der Waals surface area contributed by atoms with E-state index < -0.39 is 0 Å². The average Bonchev–Trinajstić information content (AvgIpc) is 2.38. The van der Waals surface area contributed by atoms with Gasteiger partial charge in [-0.05, 0) is 43.7 Å². The quantitative estimate of drug-likeness (QED) is 0.927. The van der Waals surface area contributed by atoms with Gasteiger partial charge in [0.15, 0.2) is 0 Å². The number of hydrogen-bond donors (Lipinski definition) is 1. The van der Waals surface area contributed by atoms with Gasteiger partial charge in [-0.15, -0.1) is 0 Å². The Hall–Kier alpha value is -1.58. The van der Waals surface area contributed by atoms with Crippen LogP contribution < -0.4 is 10.5 Å². The summed E-state index contributed by atoms with van der Waals surface area (Å²) >= 11 is 5.98. The van der Waals surface area contributed by atoms with Gasteiger partial charge in [0.05, 0.1) is 5.69 Å². The lowest BCUT2D eigenvalue weighted by Crippen LogP contribution is -2.09. The zero-order valence-electron chi connectivity index (χ0n) is 11.1. The Morgan fingerprint density at radius 2 is 2.16 bits per heavy atom. The zero-order valence-corrected chi connectivity index (χ0v) is 11.8. The normalized spacial score (nSPS) is 12.2. The third-order valence-electron chi connectivity index (χ3n) is 2.94. The molecule has 4 heteroatoms. The molecule has 1 atom stereocenters. The number of aryl methyl sites for hydroxylation is 1. The van der Waals surface area contributed by atoms with Crippen LogP contribution in [0, 0.1) is 6.92 Å². The van der Waals surface area contributed by atoms with Gasteiger partial charge >= 0.3 is 0 Å². The molecule has 2 rings (SSSR count). The van der Waals surface area contributed by atoms with E-state index in [0.717, 1.165) is 22.6 Å². The summed E-state index contributed by atoms with van der Waals surface area (Å²) in [6.45, 7) is 4.35. The standard InChI is InChI=1S/C15H17ClN2O/c1-10-4-3-7-18-14(10)9-19-15-6-5-12(16)8-13(15)11(2)17/h3-8,11H,9,17H2,1-2H3/t11-/m0/s1. The van der Waals surface area contributed by atoms with Crippen LogP contribution in [0.4, 0.5) is 0 Å². The SMILES string of the molecule is Cc1cccnc1COc1ccc(Cl)cc1[C@H](C)N. The maximum Gasteiger partial charge on any atom is 0.130 e. The van der Waals surface area contributed by atoms with Crippen LogP contribution in [0.3, 0.4) is 0 Å². The van der Waals surface area contributed by atoms with Gasteiger partial charge in [-0.2, -0.15) is 0 Å². The topological polar surface area (TPSA) is 48.1 Å². The van der Waals surface area contributed by atoms with Gasteiger partial charge in [0.2, 0.25) is 0 Å². The summed E-state index contributed by atoms with van der Waals surface area (Å²) in [6, 6.07) is 9.29. The number of nitrogens with two attached hydrogens (primary N) is 1. The van der Waals surface area contributed by atoms with Crippen molar-refractivity contribution in [1.82, 2.24) is 4.98 Å². The van der Waals surface area contributed by atoms with Crippen LogP contribution in [-0.2, 0) is 6.61 Å². The number of nitrogens with zero attached hydrogens (tertiary/aromatic N) is 1. The molecule has 0 aliphatic carbocycles. The van der Waals surface area contributed by atoms with E-state index in [-0.39, 0.29) is 6.04 Å². The van der Waals surface area contributed by atoms with E-state index in [1.807, 2.05) is 38.1 Å². The Bertz CT molecular complexity index is 570. The van der Waals surface area contributed by atoms with Gasteiger partial charge in [0.1, 0.15) is 12.4 Å². The molecular formula is C15H17ClN2O. The molecule has 0 amide bonds. The van der Waals surface area contributed by atoms with Crippen LogP contribution in [0.5, 0.6) is 5.75 Å². The van der Waals surface area contributed by atoms with Crippen LogP contribution >= 0.6 is 11.6 Å². The van der Waals surface area contributed by atoms with Crippen LogP contribution in [0.25, 0.3) is 0 Å². The molecule has 0 saturated heterocycles. The number of hydrogen-bond acceptors (Lipinski definition) is 3. The molecule has 2 aromatic rings. The maximum atomic E-state index is 5.98. The van der Waals surface area contributed by atoms with Crippen molar-refractivity contribution in [3.63, 3.8) is 0 Å². The maximum absolute atomic E-state index is 5.98. The highest BCUT2D eigenvalue weighted by atomic mass is 35.5. The number of aromatic nitrogens is 1. The summed E-state index contributed by atoms with van der Waals surface area (Å²) in [5.41, 5.74) is 8.87. The Balaban J connectivity index is 2.18. The molecule has 0 spiro atoms. The number of rotatable bonds is 4. The van der Waals surface area contributed by atoms with Crippen molar-refractivity contribution in [1.29, 1.82) is 0 Å². The van der Waals surface area contributed by atoms with Crippen molar-refractivity contribution in [3.05, 3.63) is 58.4 Å². The summed E-state index contributed by atoms with van der Waals surface area (Å²) in [5.74, 6) is 0.754. The first-order valence-electron chi connectivity index (χ1n) is 6.16. The largest absolute Gasteiger partial charge is 0.487 e. The number of halogens is 1. The van der Waals surface area contributed by atoms with Crippen molar-refractivity contribution < 1.29 is 4.74 Å². The fourth-order valence-electron chi connectivity index (χ4n) is 1.82. The van der Waals surface area contributed by atoms with E-state index in [1.54, 1.807) is 12.3 Å². The first-order chi connectivity index (χ1) is 9.08. The molecule has 1 aromatic heterocycles. The molecular weight excluding hydrogens is 260 g/mol. The Kier molecular flexibility index (Phi) is 4.40.